The van der Waals surface area contributed by atoms with Crippen molar-refractivity contribution in [1.82, 2.24) is 0 Å². The summed E-state index contributed by atoms with van der Waals surface area (Å²) in [6.45, 7) is 8.58. The van der Waals surface area contributed by atoms with E-state index in [1.54, 1.807) is 13.0 Å². The maximum Gasteiger partial charge on any atom is 0.0695 e. The molecule has 0 heterocycles. The zero-order chi connectivity index (χ0) is 8.91. The number of aliphatic hydroxyl groups is 1. The van der Waals surface area contributed by atoms with Gasteiger partial charge in [-0.25, -0.2) is 0 Å². The second kappa shape index (κ2) is 4.52. The first kappa shape index (κ1) is 10.7. The number of aliphatic hydroxyl groups excluding tert-OH is 1. The first-order valence-electron chi connectivity index (χ1n) is 3.96. The SMILES string of the molecule is CC(O)/C=C/C=C/[Si](C)(C)C. The van der Waals surface area contributed by atoms with Crippen LogP contribution in [0.3, 0.4) is 0 Å². The summed E-state index contributed by atoms with van der Waals surface area (Å²) in [6, 6.07) is 0. The average molecular weight is 170 g/mol. The average Bonchev–Trinajstić information content (AvgIpc) is 1.78. The summed E-state index contributed by atoms with van der Waals surface area (Å²) in [5.41, 5.74) is 2.24. The molecular weight excluding hydrogens is 152 g/mol. The molecule has 1 N–H and O–H groups in total. The Kier molecular flexibility index (Phi) is 4.38. The molecule has 1 atom stereocenters. The molecule has 0 radical (unpaired) electrons. The molecule has 0 aromatic carbocycles. The van der Waals surface area contributed by atoms with E-state index < -0.39 is 8.07 Å². The molecular formula is C9H18OSi. The second-order valence-electron chi connectivity index (χ2n) is 3.85. The third-order valence-corrected chi connectivity index (χ3v) is 2.29. The molecule has 1 nitrogen and oxygen atoms in total. The molecule has 11 heavy (non-hydrogen) atoms. The lowest BCUT2D eigenvalue weighted by Crippen LogP contribution is -2.15. The highest BCUT2D eigenvalue weighted by atomic mass is 28.3. The van der Waals surface area contributed by atoms with Crippen LogP contribution >= 0.6 is 0 Å². The number of hydrogen-bond donors (Lipinski definition) is 1. The molecule has 0 bridgehead atoms. The number of rotatable bonds is 3. The molecule has 2 heteroatoms. The molecule has 0 amide bonds. The van der Waals surface area contributed by atoms with Gasteiger partial charge in [-0.3, -0.25) is 0 Å². The minimum atomic E-state index is -1.04. The van der Waals surface area contributed by atoms with Crippen molar-refractivity contribution in [3.05, 3.63) is 23.9 Å². The molecule has 0 saturated carbocycles. The van der Waals surface area contributed by atoms with Crippen LogP contribution in [0.25, 0.3) is 0 Å². The van der Waals surface area contributed by atoms with Gasteiger partial charge in [0, 0.05) is 0 Å². The molecule has 0 aliphatic heterocycles. The van der Waals surface area contributed by atoms with E-state index >= 15 is 0 Å². The molecule has 0 fully saturated rings. The summed E-state index contributed by atoms with van der Waals surface area (Å²) in [6.07, 6.45) is 5.37. The van der Waals surface area contributed by atoms with Crippen LogP contribution in [0, 0.1) is 0 Å². The van der Waals surface area contributed by atoms with E-state index in [-0.39, 0.29) is 6.10 Å². The van der Waals surface area contributed by atoms with E-state index in [1.165, 1.54) is 0 Å². The summed E-state index contributed by atoms with van der Waals surface area (Å²) in [5, 5.41) is 8.87. The lowest BCUT2D eigenvalue weighted by molar-refractivity contribution is 0.244. The van der Waals surface area contributed by atoms with Crippen LogP contribution < -0.4 is 0 Å². The molecule has 64 valence electrons. The summed E-state index contributed by atoms with van der Waals surface area (Å²) >= 11 is 0. The van der Waals surface area contributed by atoms with Gasteiger partial charge in [0.15, 0.2) is 0 Å². The fourth-order valence-electron chi connectivity index (χ4n) is 0.569. The van der Waals surface area contributed by atoms with E-state index in [0.717, 1.165) is 0 Å². The normalized spacial score (nSPS) is 16.5. The third kappa shape index (κ3) is 9.66. The minimum Gasteiger partial charge on any atom is -0.389 e. The van der Waals surface area contributed by atoms with Gasteiger partial charge in [-0.05, 0) is 6.92 Å². The Balaban J connectivity index is 3.78. The Labute approximate surface area is 70.5 Å². The van der Waals surface area contributed by atoms with Gasteiger partial charge in [0.1, 0.15) is 0 Å². The lowest BCUT2D eigenvalue weighted by Gasteiger charge is -2.06. The largest absolute Gasteiger partial charge is 0.389 e. The van der Waals surface area contributed by atoms with Crippen molar-refractivity contribution < 1.29 is 5.11 Å². The Hall–Kier alpha value is -0.343. The van der Waals surface area contributed by atoms with E-state index in [1.807, 2.05) is 12.2 Å². The van der Waals surface area contributed by atoms with E-state index in [2.05, 4.69) is 25.3 Å². The van der Waals surface area contributed by atoms with Crippen molar-refractivity contribution in [1.29, 1.82) is 0 Å². The predicted molar refractivity (Wildman–Crippen MR) is 53.3 cm³/mol. The van der Waals surface area contributed by atoms with E-state index in [0.29, 0.717) is 0 Å². The Bertz CT molecular complexity index is 151. The monoisotopic (exact) mass is 170 g/mol. The Morgan fingerprint density at radius 2 is 1.73 bits per heavy atom. The molecule has 0 rings (SSSR count). The van der Waals surface area contributed by atoms with Crippen molar-refractivity contribution in [3.8, 4) is 0 Å². The maximum absolute atomic E-state index is 8.87. The van der Waals surface area contributed by atoms with Crippen molar-refractivity contribution >= 4 is 8.07 Å². The smallest absolute Gasteiger partial charge is 0.0695 e. The van der Waals surface area contributed by atoms with Crippen molar-refractivity contribution in [2.75, 3.05) is 0 Å². The summed E-state index contributed by atoms with van der Waals surface area (Å²) in [4.78, 5) is 0. The van der Waals surface area contributed by atoms with Crippen molar-refractivity contribution in [3.63, 3.8) is 0 Å². The highest BCUT2D eigenvalue weighted by Gasteiger charge is 2.05. The Morgan fingerprint density at radius 1 is 1.18 bits per heavy atom. The quantitative estimate of drug-likeness (QED) is 0.509. The van der Waals surface area contributed by atoms with Gasteiger partial charge in [0.05, 0.1) is 14.2 Å². The predicted octanol–water partition coefficient (Wildman–Crippen LogP) is 2.36. The van der Waals surface area contributed by atoms with E-state index in [4.69, 9.17) is 5.11 Å². The molecule has 0 spiro atoms. The fraction of sp³-hybridized carbons (Fsp3) is 0.556. The second-order valence-corrected chi connectivity index (χ2v) is 8.92. The fourth-order valence-corrected chi connectivity index (χ4v) is 1.26. The third-order valence-electron chi connectivity index (χ3n) is 1.10. The zero-order valence-electron chi connectivity index (χ0n) is 7.83. The highest BCUT2D eigenvalue weighted by Crippen LogP contribution is 2.01. The number of allylic oxidation sites excluding steroid dienone is 2. The first-order valence-corrected chi connectivity index (χ1v) is 7.53. The van der Waals surface area contributed by atoms with Gasteiger partial charge in [0.25, 0.3) is 0 Å². The van der Waals surface area contributed by atoms with Crippen LogP contribution in [0.2, 0.25) is 19.6 Å². The van der Waals surface area contributed by atoms with Crippen molar-refractivity contribution in [2.24, 2.45) is 0 Å². The molecule has 0 aliphatic carbocycles. The summed E-state index contributed by atoms with van der Waals surface area (Å²) in [5.74, 6) is 0. The molecule has 1 unspecified atom stereocenters. The van der Waals surface area contributed by atoms with Crippen LogP contribution in [0.15, 0.2) is 23.9 Å². The molecule has 0 aromatic rings. The van der Waals surface area contributed by atoms with Gasteiger partial charge in [0.2, 0.25) is 0 Å². The van der Waals surface area contributed by atoms with E-state index in [9.17, 15) is 0 Å². The van der Waals surface area contributed by atoms with Crippen LogP contribution in [0.4, 0.5) is 0 Å². The Morgan fingerprint density at radius 3 is 2.09 bits per heavy atom. The van der Waals surface area contributed by atoms with Crippen LogP contribution in [-0.2, 0) is 0 Å². The number of hydrogen-bond acceptors (Lipinski definition) is 1. The van der Waals surface area contributed by atoms with Crippen LogP contribution in [0.5, 0.6) is 0 Å². The molecule has 0 aliphatic rings. The van der Waals surface area contributed by atoms with Gasteiger partial charge in [-0.15, -0.1) is 0 Å². The molecule has 0 saturated heterocycles. The summed E-state index contributed by atoms with van der Waals surface area (Å²) in [7, 11) is -1.04. The van der Waals surface area contributed by atoms with Gasteiger partial charge in [-0.2, -0.15) is 0 Å². The van der Waals surface area contributed by atoms with Gasteiger partial charge in [-0.1, -0.05) is 43.6 Å². The van der Waals surface area contributed by atoms with Crippen LogP contribution in [-0.4, -0.2) is 19.3 Å². The van der Waals surface area contributed by atoms with Gasteiger partial charge >= 0.3 is 0 Å². The lowest BCUT2D eigenvalue weighted by atomic mass is 10.3. The minimum absolute atomic E-state index is 0.332. The standard InChI is InChI=1S/C9H18OSi/c1-9(10)7-5-6-8-11(2,3)4/h5-10H,1-4H3/b7-5+,8-6+. The summed E-state index contributed by atoms with van der Waals surface area (Å²) < 4.78 is 0. The topological polar surface area (TPSA) is 20.2 Å². The van der Waals surface area contributed by atoms with Crippen LogP contribution in [0.1, 0.15) is 6.92 Å². The first-order chi connectivity index (χ1) is 4.92. The zero-order valence-corrected chi connectivity index (χ0v) is 8.83. The maximum atomic E-state index is 8.87. The highest BCUT2D eigenvalue weighted by molar-refractivity contribution is 6.80. The van der Waals surface area contributed by atoms with Gasteiger partial charge < -0.3 is 5.11 Å². The molecule has 0 aromatic heterocycles. The van der Waals surface area contributed by atoms with Crippen molar-refractivity contribution in [2.45, 2.75) is 32.7 Å².